The normalized spacial score (nSPS) is 18.4. The summed E-state index contributed by atoms with van der Waals surface area (Å²) in [5.41, 5.74) is 0. The summed E-state index contributed by atoms with van der Waals surface area (Å²) >= 11 is 0. The van der Waals surface area contributed by atoms with Gasteiger partial charge in [0.05, 0.1) is 6.54 Å². The minimum absolute atomic E-state index is 0.533. The molecule has 1 atom stereocenters. The molecular formula is C18H26N4O2. The molecule has 0 amide bonds. The quantitative estimate of drug-likeness (QED) is 0.740. The van der Waals surface area contributed by atoms with Gasteiger partial charge in [0.1, 0.15) is 12.4 Å². The van der Waals surface area contributed by atoms with Gasteiger partial charge in [0.25, 0.3) is 0 Å². The Balaban J connectivity index is 1.39. The molecular weight excluding hydrogens is 304 g/mol. The molecule has 6 heteroatoms. The van der Waals surface area contributed by atoms with Gasteiger partial charge in [-0.1, -0.05) is 30.3 Å². The maximum Gasteiger partial charge on any atom is 0.226 e. The number of likely N-dealkylation sites (tertiary alicyclic amines) is 1. The van der Waals surface area contributed by atoms with Crippen LogP contribution in [0.3, 0.4) is 0 Å². The van der Waals surface area contributed by atoms with E-state index in [1.54, 1.807) is 0 Å². The molecule has 0 saturated carbocycles. The first kappa shape index (κ1) is 16.9. The van der Waals surface area contributed by atoms with E-state index in [1.165, 1.54) is 6.42 Å². The van der Waals surface area contributed by atoms with Crippen molar-refractivity contribution in [1.82, 2.24) is 19.9 Å². The molecule has 130 valence electrons. The Morgan fingerprint density at radius 3 is 2.92 bits per heavy atom. The lowest BCUT2D eigenvalue weighted by Gasteiger charge is -2.23. The summed E-state index contributed by atoms with van der Waals surface area (Å²) < 4.78 is 11.0. The van der Waals surface area contributed by atoms with Gasteiger partial charge in [-0.05, 0) is 32.1 Å². The van der Waals surface area contributed by atoms with Crippen molar-refractivity contribution in [1.29, 1.82) is 0 Å². The molecule has 0 bridgehead atoms. The molecule has 1 saturated heterocycles. The van der Waals surface area contributed by atoms with Crippen LogP contribution in [0.5, 0.6) is 5.75 Å². The van der Waals surface area contributed by atoms with E-state index in [2.05, 4.69) is 27.0 Å². The molecule has 24 heavy (non-hydrogen) atoms. The molecule has 0 unspecified atom stereocenters. The minimum atomic E-state index is 0.533. The summed E-state index contributed by atoms with van der Waals surface area (Å²) in [7, 11) is 2.14. The van der Waals surface area contributed by atoms with Crippen LogP contribution in [0.25, 0.3) is 0 Å². The molecule has 0 aliphatic carbocycles. The standard InChI is InChI=1S/C18H26N4O2/c1-3-18-19-17(20-24-18)14-21(2)15-9-10-22(13-15)11-12-23-16-7-5-4-6-8-16/h4-8,15H,3,9-14H2,1-2H3/t15-/m0/s1. The van der Waals surface area contributed by atoms with Crippen LogP contribution in [-0.2, 0) is 13.0 Å². The van der Waals surface area contributed by atoms with Crippen molar-refractivity contribution in [2.24, 2.45) is 0 Å². The van der Waals surface area contributed by atoms with Crippen molar-refractivity contribution < 1.29 is 9.26 Å². The Morgan fingerprint density at radius 1 is 1.33 bits per heavy atom. The van der Waals surface area contributed by atoms with E-state index in [-0.39, 0.29) is 0 Å². The molecule has 0 spiro atoms. The molecule has 0 radical (unpaired) electrons. The van der Waals surface area contributed by atoms with Crippen LogP contribution in [0.15, 0.2) is 34.9 Å². The second-order valence-corrected chi connectivity index (χ2v) is 6.28. The van der Waals surface area contributed by atoms with E-state index in [9.17, 15) is 0 Å². The van der Waals surface area contributed by atoms with Gasteiger partial charge in [-0.25, -0.2) is 0 Å². The largest absolute Gasteiger partial charge is 0.492 e. The number of aromatic nitrogens is 2. The Kier molecular flexibility index (Phi) is 5.82. The van der Waals surface area contributed by atoms with Crippen LogP contribution in [0.4, 0.5) is 0 Å². The van der Waals surface area contributed by atoms with Gasteiger partial charge in [-0.3, -0.25) is 9.80 Å². The van der Waals surface area contributed by atoms with Gasteiger partial charge in [0.15, 0.2) is 5.82 Å². The van der Waals surface area contributed by atoms with E-state index < -0.39 is 0 Å². The van der Waals surface area contributed by atoms with Crippen LogP contribution in [0.2, 0.25) is 0 Å². The number of aryl methyl sites for hydroxylation is 1. The van der Waals surface area contributed by atoms with Gasteiger partial charge in [0.2, 0.25) is 5.89 Å². The highest BCUT2D eigenvalue weighted by molar-refractivity contribution is 5.20. The Morgan fingerprint density at radius 2 is 2.17 bits per heavy atom. The molecule has 3 rings (SSSR count). The summed E-state index contributed by atoms with van der Waals surface area (Å²) in [6.07, 6.45) is 1.95. The van der Waals surface area contributed by atoms with Crippen LogP contribution in [0.1, 0.15) is 25.1 Å². The molecule has 2 heterocycles. The highest BCUT2D eigenvalue weighted by Crippen LogP contribution is 2.16. The Bertz CT molecular complexity index is 616. The number of para-hydroxylation sites is 1. The summed E-state index contributed by atoms with van der Waals surface area (Å²) in [5, 5.41) is 4.04. The topological polar surface area (TPSA) is 54.6 Å². The zero-order valence-corrected chi connectivity index (χ0v) is 14.5. The SMILES string of the molecule is CCc1nc(CN(C)[C@H]2CCN(CCOc3ccccc3)C2)no1. The first-order chi connectivity index (χ1) is 11.7. The zero-order chi connectivity index (χ0) is 16.8. The van der Waals surface area contributed by atoms with Crippen LogP contribution < -0.4 is 4.74 Å². The number of likely N-dealkylation sites (N-methyl/N-ethyl adjacent to an activating group) is 1. The second-order valence-electron chi connectivity index (χ2n) is 6.28. The summed E-state index contributed by atoms with van der Waals surface area (Å²) in [6, 6.07) is 10.5. The molecule has 1 aliphatic rings. The number of hydrogen-bond acceptors (Lipinski definition) is 6. The number of nitrogens with zero attached hydrogens (tertiary/aromatic N) is 4. The molecule has 1 aromatic heterocycles. The molecule has 2 aromatic rings. The smallest absolute Gasteiger partial charge is 0.226 e. The van der Waals surface area contributed by atoms with Gasteiger partial charge in [-0.15, -0.1) is 0 Å². The molecule has 1 aromatic carbocycles. The maximum atomic E-state index is 5.79. The van der Waals surface area contributed by atoms with Crippen molar-refractivity contribution in [2.45, 2.75) is 32.4 Å². The predicted octanol–water partition coefficient (Wildman–Crippen LogP) is 2.22. The monoisotopic (exact) mass is 330 g/mol. The van der Waals surface area contributed by atoms with Gasteiger partial charge >= 0.3 is 0 Å². The minimum Gasteiger partial charge on any atom is -0.492 e. The maximum absolute atomic E-state index is 5.79. The Labute approximate surface area is 143 Å². The lowest BCUT2D eigenvalue weighted by molar-refractivity contribution is 0.200. The highest BCUT2D eigenvalue weighted by atomic mass is 16.5. The van der Waals surface area contributed by atoms with Crippen molar-refractivity contribution in [2.75, 3.05) is 33.3 Å². The Hall–Kier alpha value is -1.92. The number of hydrogen-bond donors (Lipinski definition) is 0. The molecule has 6 nitrogen and oxygen atoms in total. The summed E-state index contributed by atoms with van der Waals surface area (Å²) in [4.78, 5) is 9.17. The lowest BCUT2D eigenvalue weighted by Crippen LogP contribution is -2.35. The third-order valence-corrected chi connectivity index (χ3v) is 4.49. The highest BCUT2D eigenvalue weighted by Gasteiger charge is 2.26. The average molecular weight is 330 g/mol. The van der Waals surface area contributed by atoms with E-state index in [1.807, 2.05) is 37.3 Å². The van der Waals surface area contributed by atoms with Gasteiger partial charge in [-0.2, -0.15) is 4.98 Å². The van der Waals surface area contributed by atoms with Gasteiger partial charge < -0.3 is 9.26 Å². The van der Waals surface area contributed by atoms with Gasteiger partial charge in [0, 0.05) is 25.6 Å². The number of benzene rings is 1. The zero-order valence-electron chi connectivity index (χ0n) is 14.5. The number of rotatable bonds is 8. The van der Waals surface area contributed by atoms with Crippen molar-refractivity contribution >= 4 is 0 Å². The molecule has 1 aliphatic heterocycles. The van der Waals surface area contributed by atoms with E-state index >= 15 is 0 Å². The van der Waals surface area contributed by atoms with Crippen molar-refractivity contribution in [3.05, 3.63) is 42.0 Å². The first-order valence-electron chi connectivity index (χ1n) is 8.66. The third-order valence-electron chi connectivity index (χ3n) is 4.49. The average Bonchev–Trinajstić information content (AvgIpc) is 3.25. The first-order valence-corrected chi connectivity index (χ1v) is 8.66. The number of ether oxygens (including phenoxy) is 1. The molecule has 0 N–H and O–H groups in total. The third kappa shape index (κ3) is 4.55. The molecule has 1 fully saturated rings. The summed E-state index contributed by atoms with van der Waals surface area (Å²) in [5.74, 6) is 2.43. The predicted molar refractivity (Wildman–Crippen MR) is 91.9 cm³/mol. The van der Waals surface area contributed by atoms with Crippen molar-refractivity contribution in [3.63, 3.8) is 0 Å². The fourth-order valence-electron chi connectivity index (χ4n) is 3.03. The fourth-order valence-corrected chi connectivity index (χ4v) is 3.03. The summed E-state index contributed by atoms with van der Waals surface area (Å²) in [6.45, 7) is 6.62. The fraction of sp³-hybridized carbons (Fsp3) is 0.556. The van der Waals surface area contributed by atoms with Crippen molar-refractivity contribution in [3.8, 4) is 5.75 Å². The lowest BCUT2D eigenvalue weighted by atomic mass is 10.2. The van der Waals surface area contributed by atoms with Crippen LogP contribution >= 0.6 is 0 Å². The van der Waals surface area contributed by atoms with E-state index in [4.69, 9.17) is 9.26 Å². The van der Waals surface area contributed by atoms with Crippen LogP contribution in [-0.4, -0.2) is 59.3 Å². The van der Waals surface area contributed by atoms with E-state index in [0.717, 1.165) is 50.8 Å². The van der Waals surface area contributed by atoms with E-state index in [0.29, 0.717) is 11.9 Å². The second kappa shape index (κ2) is 8.26. The van der Waals surface area contributed by atoms with Crippen LogP contribution in [0, 0.1) is 0 Å².